The average Bonchev–Trinajstić information content (AvgIpc) is 2.20. The fourth-order valence-corrected chi connectivity index (χ4v) is 1.21. The fourth-order valence-electron chi connectivity index (χ4n) is 1.21. The maximum absolute atomic E-state index is 5.67. The molecular weight excluding hydrogens is 174 g/mol. The van der Waals surface area contributed by atoms with Crippen LogP contribution in [0.1, 0.15) is 18.9 Å². The van der Waals surface area contributed by atoms with Gasteiger partial charge in [-0.2, -0.15) is 0 Å². The van der Waals surface area contributed by atoms with Crippen LogP contribution in [-0.2, 0) is 0 Å². The van der Waals surface area contributed by atoms with E-state index in [1.165, 1.54) is 5.56 Å². The van der Waals surface area contributed by atoms with Gasteiger partial charge >= 0.3 is 0 Å². The summed E-state index contributed by atoms with van der Waals surface area (Å²) in [4.78, 5) is 0. The molecule has 2 heteroatoms. The lowest BCUT2D eigenvalue weighted by Gasteiger charge is -2.12. The van der Waals surface area contributed by atoms with Crippen LogP contribution in [0.3, 0.4) is 0 Å². The van der Waals surface area contributed by atoms with E-state index in [-0.39, 0.29) is 0 Å². The Balaban J connectivity index is 2.35. The van der Waals surface area contributed by atoms with Crippen molar-refractivity contribution in [3.63, 3.8) is 0 Å². The normalized spacial score (nSPS) is 12.5. The van der Waals surface area contributed by atoms with Crippen LogP contribution >= 0.6 is 0 Å². The van der Waals surface area contributed by atoms with Gasteiger partial charge < -0.3 is 10.1 Å². The van der Waals surface area contributed by atoms with Gasteiger partial charge in [0.1, 0.15) is 5.75 Å². The molecule has 1 N–H and O–H groups in total. The molecule has 14 heavy (non-hydrogen) atoms. The van der Waals surface area contributed by atoms with Crippen LogP contribution < -0.4 is 10.1 Å². The number of hydrogen-bond acceptors (Lipinski definition) is 2. The van der Waals surface area contributed by atoms with Crippen molar-refractivity contribution in [3.05, 3.63) is 29.8 Å². The van der Waals surface area contributed by atoms with E-state index in [2.05, 4.69) is 25.2 Å². The molecule has 0 fully saturated rings. The second-order valence-electron chi connectivity index (χ2n) is 3.59. The lowest BCUT2D eigenvalue weighted by molar-refractivity contribution is 0.292. The van der Waals surface area contributed by atoms with E-state index < -0.39 is 0 Å². The van der Waals surface area contributed by atoms with Crippen LogP contribution in [0.5, 0.6) is 5.75 Å². The standard InChI is InChI=1S/C12H19NO/c1-10-6-4-5-7-12(10)14-9-8-11(2)13-3/h4-7,11,13H,8-9H2,1-3H3. The Morgan fingerprint density at radius 3 is 2.71 bits per heavy atom. The second-order valence-corrected chi connectivity index (χ2v) is 3.59. The van der Waals surface area contributed by atoms with Gasteiger partial charge in [0.05, 0.1) is 6.61 Å². The van der Waals surface area contributed by atoms with E-state index in [0.29, 0.717) is 6.04 Å². The first-order chi connectivity index (χ1) is 6.74. The van der Waals surface area contributed by atoms with Crippen LogP contribution in [0.2, 0.25) is 0 Å². The molecule has 1 unspecified atom stereocenters. The zero-order chi connectivity index (χ0) is 10.4. The summed E-state index contributed by atoms with van der Waals surface area (Å²) in [6, 6.07) is 8.62. The largest absolute Gasteiger partial charge is 0.493 e. The predicted octanol–water partition coefficient (Wildman–Crippen LogP) is 2.37. The van der Waals surface area contributed by atoms with Crippen molar-refractivity contribution in [1.29, 1.82) is 0 Å². The number of rotatable bonds is 5. The van der Waals surface area contributed by atoms with Gasteiger partial charge in [0.15, 0.2) is 0 Å². The van der Waals surface area contributed by atoms with Crippen LogP contribution in [0, 0.1) is 6.92 Å². The third-order valence-corrected chi connectivity index (χ3v) is 2.39. The van der Waals surface area contributed by atoms with Crippen molar-refractivity contribution in [2.24, 2.45) is 0 Å². The molecule has 0 amide bonds. The van der Waals surface area contributed by atoms with Crippen molar-refractivity contribution >= 4 is 0 Å². The lowest BCUT2D eigenvalue weighted by Crippen LogP contribution is -2.23. The second kappa shape index (κ2) is 5.66. The molecule has 0 saturated heterocycles. The molecule has 1 aromatic rings. The van der Waals surface area contributed by atoms with Gasteiger partial charge in [0, 0.05) is 6.04 Å². The van der Waals surface area contributed by atoms with Crippen molar-refractivity contribution in [3.8, 4) is 5.75 Å². The van der Waals surface area contributed by atoms with E-state index in [9.17, 15) is 0 Å². The number of nitrogens with one attached hydrogen (secondary N) is 1. The summed E-state index contributed by atoms with van der Waals surface area (Å²) in [6.45, 7) is 4.99. The van der Waals surface area contributed by atoms with Gasteiger partial charge in [-0.1, -0.05) is 18.2 Å². The molecule has 2 nitrogen and oxygen atoms in total. The summed E-state index contributed by atoms with van der Waals surface area (Å²) in [7, 11) is 1.97. The van der Waals surface area contributed by atoms with Gasteiger partial charge in [-0.3, -0.25) is 0 Å². The minimum Gasteiger partial charge on any atom is -0.493 e. The smallest absolute Gasteiger partial charge is 0.122 e. The molecular formula is C12H19NO. The topological polar surface area (TPSA) is 21.3 Å². The first-order valence-electron chi connectivity index (χ1n) is 5.09. The zero-order valence-electron chi connectivity index (χ0n) is 9.21. The molecule has 78 valence electrons. The average molecular weight is 193 g/mol. The molecule has 0 aliphatic carbocycles. The quantitative estimate of drug-likeness (QED) is 0.775. The van der Waals surface area contributed by atoms with Crippen molar-refractivity contribution in [2.45, 2.75) is 26.3 Å². The monoisotopic (exact) mass is 193 g/mol. The summed E-state index contributed by atoms with van der Waals surface area (Å²) >= 11 is 0. The van der Waals surface area contributed by atoms with Gasteiger partial charge in [-0.05, 0) is 38.9 Å². The molecule has 0 aliphatic rings. The molecule has 0 aliphatic heterocycles. The van der Waals surface area contributed by atoms with E-state index in [4.69, 9.17) is 4.74 Å². The van der Waals surface area contributed by atoms with Crippen LogP contribution in [0.4, 0.5) is 0 Å². The van der Waals surface area contributed by atoms with E-state index in [0.717, 1.165) is 18.8 Å². The Morgan fingerprint density at radius 1 is 1.36 bits per heavy atom. The summed E-state index contributed by atoms with van der Waals surface area (Å²) in [5.41, 5.74) is 1.20. The minimum absolute atomic E-state index is 0.513. The molecule has 0 spiro atoms. The molecule has 1 aromatic carbocycles. The van der Waals surface area contributed by atoms with Crippen LogP contribution in [0.25, 0.3) is 0 Å². The van der Waals surface area contributed by atoms with Crippen molar-refractivity contribution in [2.75, 3.05) is 13.7 Å². The Bertz CT molecular complexity index is 273. The SMILES string of the molecule is CNC(C)CCOc1ccccc1C. The molecule has 0 radical (unpaired) electrons. The van der Waals surface area contributed by atoms with E-state index in [1.54, 1.807) is 0 Å². The van der Waals surface area contributed by atoms with Gasteiger partial charge in [-0.25, -0.2) is 0 Å². The number of ether oxygens (including phenoxy) is 1. The number of benzene rings is 1. The Labute approximate surface area is 86.3 Å². The zero-order valence-corrected chi connectivity index (χ0v) is 9.21. The lowest BCUT2D eigenvalue weighted by atomic mass is 10.2. The van der Waals surface area contributed by atoms with E-state index >= 15 is 0 Å². The number of aryl methyl sites for hydroxylation is 1. The molecule has 1 rings (SSSR count). The van der Waals surface area contributed by atoms with Crippen molar-refractivity contribution in [1.82, 2.24) is 5.32 Å². The third kappa shape index (κ3) is 3.38. The van der Waals surface area contributed by atoms with Gasteiger partial charge in [0.2, 0.25) is 0 Å². The summed E-state index contributed by atoms with van der Waals surface area (Å²) < 4.78 is 5.67. The number of para-hydroxylation sites is 1. The molecule has 0 saturated carbocycles. The maximum atomic E-state index is 5.67. The van der Waals surface area contributed by atoms with Gasteiger partial charge in [-0.15, -0.1) is 0 Å². The first kappa shape index (κ1) is 11.1. The Hall–Kier alpha value is -1.02. The first-order valence-corrected chi connectivity index (χ1v) is 5.09. The third-order valence-electron chi connectivity index (χ3n) is 2.39. The highest BCUT2D eigenvalue weighted by Crippen LogP contribution is 2.16. The summed E-state index contributed by atoms with van der Waals surface area (Å²) in [5, 5.41) is 3.19. The molecule has 0 aromatic heterocycles. The fraction of sp³-hybridized carbons (Fsp3) is 0.500. The van der Waals surface area contributed by atoms with E-state index in [1.807, 2.05) is 25.2 Å². The maximum Gasteiger partial charge on any atom is 0.122 e. The van der Waals surface area contributed by atoms with Crippen LogP contribution in [-0.4, -0.2) is 19.7 Å². The highest BCUT2D eigenvalue weighted by Gasteiger charge is 2.00. The highest BCUT2D eigenvalue weighted by molar-refractivity contribution is 5.31. The Morgan fingerprint density at radius 2 is 2.07 bits per heavy atom. The predicted molar refractivity (Wildman–Crippen MR) is 59.8 cm³/mol. The molecule has 0 bridgehead atoms. The summed E-state index contributed by atoms with van der Waals surface area (Å²) in [5.74, 6) is 0.996. The molecule has 0 heterocycles. The van der Waals surface area contributed by atoms with Crippen molar-refractivity contribution < 1.29 is 4.74 Å². The molecule has 1 atom stereocenters. The minimum atomic E-state index is 0.513. The summed E-state index contributed by atoms with van der Waals surface area (Å²) in [6.07, 6.45) is 1.03. The number of hydrogen-bond donors (Lipinski definition) is 1. The van der Waals surface area contributed by atoms with Crippen LogP contribution in [0.15, 0.2) is 24.3 Å². The highest BCUT2D eigenvalue weighted by atomic mass is 16.5. The Kier molecular flexibility index (Phi) is 4.47. The van der Waals surface area contributed by atoms with Gasteiger partial charge in [0.25, 0.3) is 0 Å².